The molecule has 0 amide bonds. The van der Waals surface area contributed by atoms with Crippen LogP contribution < -0.4 is 16.0 Å². The van der Waals surface area contributed by atoms with Crippen molar-refractivity contribution in [2.75, 3.05) is 55.3 Å². The number of nitrogens with one attached hydrogen (secondary N) is 1. The van der Waals surface area contributed by atoms with Gasteiger partial charge in [0.2, 0.25) is 5.78 Å². The smallest absolute Gasteiger partial charge is 0.206 e. The van der Waals surface area contributed by atoms with Crippen molar-refractivity contribution in [1.29, 1.82) is 0 Å². The normalized spacial score (nSPS) is 14.5. The number of nitrogens with two attached hydrogens (primary N) is 1. The largest absolute Gasteiger partial charge is 0.396 e. The first-order valence-electron chi connectivity index (χ1n) is 10.6. The fourth-order valence-corrected chi connectivity index (χ4v) is 4.58. The van der Waals surface area contributed by atoms with E-state index in [0.29, 0.717) is 5.13 Å². The van der Waals surface area contributed by atoms with E-state index in [-0.39, 0.29) is 28.6 Å². The number of aromatic nitrogens is 1. The number of benzene rings is 2. The molecule has 0 spiro atoms. The Bertz CT molecular complexity index is 1060. The highest BCUT2D eigenvalue weighted by Crippen LogP contribution is 2.30. The van der Waals surface area contributed by atoms with Crippen LogP contribution in [0.5, 0.6) is 0 Å². The average Bonchev–Trinajstić information content (AvgIpc) is 3.18. The predicted octanol–water partition coefficient (Wildman–Crippen LogP) is 3.34. The van der Waals surface area contributed by atoms with Crippen LogP contribution in [0.15, 0.2) is 48.5 Å². The summed E-state index contributed by atoms with van der Waals surface area (Å²) in [5.41, 5.74) is 8.19. The van der Waals surface area contributed by atoms with Gasteiger partial charge in [0.25, 0.3) is 0 Å². The quantitative estimate of drug-likeness (QED) is 0.449. The van der Waals surface area contributed by atoms with E-state index in [1.165, 1.54) is 18.2 Å². The van der Waals surface area contributed by atoms with Gasteiger partial charge in [-0.25, -0.2) is 9.37 Å². The van der Waals surface area contributed by atoms with Crippen LogP contribution in [0.3, 0.4) is 0 Å². The van der Waals surface area contributed by atoms with Crippen molar-refractivity contribution >= 4 is 39.4 Å². The minimum Gasteiger partial charge on any atom is -0.396 e. The van der Waals surface area contributed by atoms with Gasteiger partial charge in [-0.2, -0.15) is 0 Å². The molecule has 32 heavy (non-hydrogen) atoms. The van der Waals surface area contributed by atoms with Crippen LogP contribution in [-0.4, -0.2) is 60.1 Å². The van der Waals surface area contributed by atoms with Crippen LogP contribution in [-0.2, 0) is 0 Å². The second-order valence-corrected chi connectivity index (χ2v) is 8.65. The maximum Gasteiger partial charge on any atom is 0.206 e. The van der Waals surface area contributed by atoms with E-state index in [1.54, 1.807) is 6.07 Å². The van der Waals surface area contributed by atoms with E-state index in [9.17, 15) is 9.18 Å². The van der Waals surface area contributed by atoms with Gasteiger partial charge in [0.1, 0.15) is 16.5 Å². The van der Waals surface area contributed by atoms with Gasteiger partial charge in [0.05, 0.1) is 0 Å². The molecule has 9 heteroatoms. The van der Waals surface area contributed by atoms with E-state index >= 15 is 0 Å². The van der Waals surface area contributed by atoms with Gasteiger partial charge in [0, 0.05) is 56.3 Å². The third-order valence-corrected chi connectivity index (χ3v) is 6.42. The van der Waals surface area contributed by atoms with E-state index in [1.807, 2.05) is 12.1 Å². The molecule has 0 unspecified atom stereocenters. The van der Waals surface area contributed by atoms with E-state index < -0.39 is 5.82 Å². The Morgan fingerprint density at radius 1 is 1.16 bits per heavy atom. The number of carbonyl (C=O) groups excluding carboxylic acids is 1. The Kier molecular flexibility index (Phi) is 6.99. The third-order valence-electron chi connectivity index (χ3n) is 5.43. The average molecular weight is 456 g/mol. The summed E-state index contributed by atoms with van der Waals surface area (Å²) in [4.78, 5) is 21.9. The minimum absolute atomic E-state index is 0.127. The molecule has 4 N–H and O–H groups in total. The van der Waals surface area contributed by atoms with Crippen molar-refractivity contribution in [3.63, 3.8) is 0 Å². The number of halogens is 1. The number of aliphatic hydroxyl groups excluding tert-OH is 1. The molecule has 0 saturated carbocycles. The number of nitrogens with zero attached hydrogens (tertiary/aromatic N) is 3. The van der Waals surface area contributed by atoms with Gasteiger partial charge in [-0.15, -0.1) is 0 Å². The number of hydrogen-bond donors (Lipinski definition) is 3. The number of hydrogen-bond acceptors (Lipinski definition) is 8. The van der Waals surface area contributed by atoms with Crippen LogP contribution >= 0.6 is 11.3 Å². The van der Waals surface area contributed by atoms with Gasteiger partial charge >= 0.3 is 0 Å². The molecule has 1 aliphatic rings. The van der Waals surface area contributed by atoms with E-state index in [0.717, 1.165) is 61.9 Å². The van der Waals surface area contributed by atoms with Crippen LogP contribution in [0.25, 0.3) is 0 Å². The lowest BCUT2D eigenvalue weighted by molar-refractivity contribution is 0.104. The Hall–Kier alpha value is -3.01. The van der Waals surface area contributed by atoms with Crippen LogP contribution in [0.2, 0.25) is 0 Å². The number of anilines is 4. The van der Waals surface area contributed by atoms with Gasteiger partial charge in [-0.3, -0.25) is 9.69 Å². The zero-order valence-corrected chi connectivity index (χ0v) is 18.4. The second-order valence-electron chi connectivity index (χ2n) is 7.65. The van der Waals surface area contributed by atoms with Crippen LogP contribution in [0, 0.1) is 5.82 Å². The molecule has 168 valence electrons. The maximum atomic E-state index is 13.4. The van der Waals surface area contributed by atoms with Crippen LogP contribution in [0.1, 0.15) is 21.7 Å². The zero-order valence-electron chi connectivity index (χ0n) is 17.6. The SMILES string of the molecule is Nc1nc(Nc2ccc(N3CCN(CCCO)CC3)cc2)sc1C(=O)c1cccc(F)c1. The van der Waals surface area contributed by atoms with Gasteiger partial charge in [0.15, 0.2) is 5.13 Å². The van der Waals surface area contributed by atoms with Gasteiger partial charge in [-0.05, 0) is 42.8 Å². The number of ketones is 1. The monoisotopic (exact) mass is 455 g/mol. The van der Waals surface area contributed by atoms with E-state index in [4.69, 9.17) is 10.8 Å². The summed E-state index contributed by atoms with van der Waals surface area (Å²) in [5.74, 6) is -0.688. The van der Waals surface area contributed by atoms with Gasteiger partial charge in [-0.1, -0.05) is 23.5 Å². The summed E-state index contributed by atoms with van der Waals surface area (Å²) in [6.07, 6.45) is 0.817. The summed E-state index contributed by atoms with van der Waals surface area (Å²) in [7, 11) is 0. The summed E-state index contributed by atoms with van der Waals surface area (Å²) < 4.78 is 13.4. The first kappa shape index (κ1) is 22.2. The highest BCUT2D eigenvalue weighted by molar-refractivity contribution is 7.18. The summed E-state index contributed by atoms with van der Waals surface area (Å²) in [6.45, 7) is 5.05. The number of nitrogen functional groups attached to an aromatic ring is 1. The molecular weight excluding hydrogens is 429 g/mol. The number of carbonyl (C=O) groups is 1. The Morgan fingerprint density at radius 2 is 1.91 bits per heavy atom. The Balaban J connectivity index is 1.38. The Labute approximate surface area is 190 Å². The molecule has 3 aromatic rings. The lowest BCUT2D eigenvalue weighted by atomic mass is 10.1. The molecule has 1 aliphatic heterocycles. The maximum absolute atomic E-state index is 13.4. The number of thiazole rings is 1. The molecule has 1 saturated heterocycles. The minimum atomic E-state index is -0.469. The second kappa shape index (κ2) is 10.1. The fourth-order valence-electron chi connectivity index (χ4n) is 3.71. The lowest BCUT2D eigenvalue weighted by Crippen LogP contribution is -2.46. The van der Waals surface area contributed by atoms with E-state index in [2.05, 4.69) is 32.2 Å². The number of rotatable bonds is 8. The fraction of sp³-hybridized carbons (Fsp3) is 0.304. The van der Waals surface area contributed by atoms with Gasteiger partial charge < -0.3 is 21.1 Å². The van der Waals surface area contributed by atoms with Crippen molar-refractivity contribution in [2.45, 2.75) is 6.42 Å². The van der Waals surface area contributed by atoms with Crippen molar-refractivity contribution < 1.29 is 14.3 Å². The molecule has 1 fully saturated rings. The van der Waals surface area contributed by atoms with Crippen molar-refractivity contribution in [3.8, 4) is 0 Å². The first-order valence-corrected chi connectivity index (χ1v) is 11.4. The highest BCUT2D eigenvalue weighted by atomic mass is 32.1. The molecule has 2 aromatic carbocycles. The first-order chi connectivity index (χ1) is 15.5. The summed E-state index contributed by atoms with van der Waals surface area (Å²) >= 11 is 1.15. The number of piperazine rings is 1. The predicted molar refractivity (Wildman–Crippen MR) is 126 cm³/mol. The van der Waals surface area contributed by atoms with Crippen LogP contribution in [0.4, 0.5) is 26.7 Å². The summed E-state index contributed by atoms with van der Waals surface area (Å²) in [5, 5.41) is 12.7. The molecule has 0 atom stereocenters. The summed E-state index contributed by atoms with van der Waals surface area (Å²) in [6, 6.07) is 13.6. The number of aliphatic hydroxyl groups is 1. The molecule has 0 bridgehead atoms. The Morgan fingerprint density at radius 3 is 2.59 bits per heavy atom. The third kappa shape index (κ3) is 5.24. The lowest BCUT2D eigenvalue weighted by Gasteiger charge is -2.36. The van der Waals surface area contributed by atoms with Crippen molar-refractivity contribution in [1.82, 2.24) is 9.88 Å². The molecular formula is C23H26FN5O2S. The topological polar surface area (TPSA) is 94.7 Å². The molecule has 0 aliphatic carbocycles. The molecule has 7 nitrogen and oxygen atoms in total. The molecule has 0 radical (unpaired) electrons. The van der Waals surface area contributed by atoms with Crippen molar-refractivity contribution in [2.24, 2.45) is 0 Å². The zero-order chi connectivity index (χ0) is 22.5. The highest BCUT2D eigenvalue weighted by Gasteiger charge is 2.19. The standard InChI is InChI=1S/C23H26FN5O2S/c24-17-4-1-3-16(15-17)20(31)21-22(25)27-23(32-21)26-18-5-7-19(8-6-18)29-12-10-28(11-13-29)9-2-14-30/h1,3-8,15,30H,2,9-14,25H2,(H,26,27). The molecule has 2 heterocycles. The molecule has 4 rings (SSSR count). The molecule has 1 aromatic heterocycles. The van der Waals surface area contributed by atoms with Crippen molar-refractivity contribution in [3.05, 3.63) is 64.8 Å².